The molecule has 1 nitrogen and oxygen atoms in total. The molecule has 1 unspecified atom stereocenters. The highest BCUT2D eigenvalue weighted by Gasteiger charge is 2.42. The van der Waals surface area contributed by atoms with Crippen molar-refractivity contribution in [3.63, 3.8) is 0 Å². The van der Waals surface area contributed by atoms with Crippen LogP contribution in [-0.4, -0.2) is 10.8 Å². The van der Waals surface area contributed by atoms with Gasteiger partial charge in [-0.05, 0) is 46.5 Å². The largest absolute Gasteiger partial charge is 0.347 e. The van der Waals surface area contributed by atoms with Crippen molar-refractivity contribution in [1.82, 2.24) is 0 Å². The van der Waals surface area contributed by atoms with Crippen LogP contribution in [0, 0.1) is 0 Å². The first kappa shape index (κ1) is 9.19. The van der Waals surface area contributed by atoms with Crippen molar-refractivity contribution in [2.75, 3.05) is 0 Å². The normalized spacial score (nSPS) is 22.3. The summed E-state index contributed by atoms with van der Waals surface area (Å²) < 4.78 is 11.8. The molecule has 1 saturated carbocycles. The second kappa shape index (κ2) is 3.23. The molecular weight excluding hydrogens is 155 g/mol. The Bertz CT molecular complexity index is 151. The van der Waals surface area contributed by atoms with E-state index in [9.17, 15) is 4.57 Å². The summed E-state index contributed by atoms with van der Waals surface area (Å²) in [6, 6.07) is 0. The highest BCUT2D eigenvalue weighted by atomic mass is 31.1. The van der Waals surface area contributed by atoms with Crippen molar-refractivity contribution in [3.8, 4) is 0 Å². The summed E-state index contributed by atoms with van der Waals surface area (Å²) in [5, 5.41) is 0.0321. The van der Waals surface area contributed by atoms with Gasteiger partial charge in [0, 0.05) is 0 Å². The second-order valence-corrected chi connectivity index (χ2v) is 7.16. The molecular formula is C9H18OP+. The number of hydrogen-bond donors (Lipinski definition) is 0. The van der Waals surface area contributed by atoms with E-state index in [4.69, 9.17) is 0 Å². The van der Waals surface area contributed by atoms with Crippen molar-refractivity contribution in [3.05, 3.63) is 0 Å². The molecule has 0 bridgehead atoms. The van der Waals surface area contributed by atoms with Gasteiger partial charge in [0.15, 0.2) is 10.8 Å². The lowest BCUT2D eigenvalue weighted by Gasteiger charge is -2.08. The third-order valence-corrected chi connectivity index (χ3v) is 4.82. The molecule has 1 aliphatic rings. The van der Waals surface area contributed by atoms with Crippen molar-refractivity contribution in [2.45, 2.75) is 57.3 Å². The highest BCUT2D eigenvalue weighted by Crippen LogP contribution is 2.48. The minimum Gasteiger partial charge on any atom is -0.0739 e. The molecule has 0 N–H and O–H groups in total. The van der Waals surface area contributed by atoms with Gasteiger partial charge in [-0.1, -0.05) is 4.57 Å². The van der Waals surface area contributed by atoms with Crippen LogP contribution in [0.2, 0.25) is 0 Å². The maximum Gasteiger partial charge on any atom is 0.347 e. The van der Waals surface area contributed by atoms with Gasteiger partial charge in [-0.3, -0.25) is 0 Å². The van der Waals surface area contributed by atoms with E-state index in [0.29, 0.717) is 5.66 Å². The van der Waals surface area contributed by atoms with Crippen molar-refractivity contribution >= 4 is 7.80 Å². The van der Waals surface area contributed by atoms with Crippen LogP contribution in [0.3, 0.4) is 0 Å². The van der Waals surface area contributed by atoms with Crippen LogP contribution in [0.4, 0.5) is 0 Å². The Morgan fingerprint density at radius 2 is 1.64 bits per heavy atom. The van der Waals surface area contributed by atoms with Crippen molar-refractivity contribution in [1.29, 1.82) is 0 Å². The van der Waals surface area contributed by atoms with E-state index in [-0.39, 0.29) is 5.16 Å². The third-order valence-electron chi connectivity index (χ3n) is 2.32. The maximum atomic E-state index is 11.8. The van der Waals surface area contributed by atoms with Crippen LogP contribution in [0.15, 0.2) is 0 Å². The SMILES string of the molecule is CC(C)(C)[P+](=O)C1CCCC1. The Morgan fingerprint density at radius 3 is 2.00 bits per heavy atom. The first-order chi connectivity index (χ1) is 5.02. The fourth-order valence-corrected chi connectivity index (χ4v) is 3.62. The molecule has 0 aromatic rings. The standard InChI is InChI=1S/C9H18OP/c1-9(2,3)11(10)8-6-4-5-7-8/h8H,4-7H2,1-3H3/q+1. The summed E-state index contributed by atoms with van der Waals surface area (Å²) in [4.78, 5) is 0. The summed E-state index contributed by atoms with van der Waals surface area (Å²) >= 11 is 0. The summed E-state index contributed by atoms with van der Waals surface area (Å²) in [6.07, 6.45) is 4.99. The summed E-state index contributed by atoms with van der Waals surface area (Å²) in [5.41, 5.74) is 0.532. The number of hydrogen-bond acceptors (Lipinski definition) is 1. The third kappa shape index (κ3) is 2.27. The van der Waals surface area contributed by atoms with E-state index >= 15 is 0 Å². The summed E-state index contributed by atoms with van der Waals surface area (Å²) in [6.45, 7) is 6.26. The van der Waals surface area contributed by atoms with E-state index in [1.54, 1.807) is 0 Å². The molecule has 0 aromatic carbocycles. The molecule has 0 saturated heterocycles. The Balaban J connectivity index is 2.53. The molecule has 0 heterocycles. The quantitative estimate of drug-likeness (QED) is 0.554. The minimum absolute atomic E-state index is 0.0321. The molecule has 0 aliphatic heterocycles. The van der Waals surface area contributed by atoms with Gasteiger partial charge < -0.3 is 0 Å². The maximum absolute atomic E-state index is 11.8. The molecule has 1 fully saturated rings. The van der Waals surface area contributed by atoms with Crippen LogP contribution in [0.1, 0.15) is 46.5 Å². The average Bonchev–Trinajstić information content (AvgIpc) is 2.34. The predicted octanol–water partition coefficient (Wildman–Crippen LogP) is 3.55. The zero-order valence-corrected chi connectivity index (χ0v) is 8.66. The molecule has 1 atom stereocenters. The molecule has 0 aromatic heterocycles. The minimum atomic E-state index is -0.973. The van der Waals surface area contributed by atoms with Gasteiger partial charge >= 0.3 is 7.80 Å². The van der Waals surface area contributed by atoms with E-state index in [0.717, 1.165) is 0 Å². The molecule has 1 aliphatic carbocycles. The molecule has 1 rings (SSSR count). The highest BCUT2D eigenvalue weighted by molar-refractivity contribution is 7.47. The van der Waals surface area contributed by atoms with Gasteiger partial charge in [-0.2, -0.15) is 0 Å². The summed E-state index contributed by atoms with van der Waals surface area (Å²) in [7, 11) is -0.973. The molecule has 64 valence electrons. The number of rotatable bonds is 1. The lowest BCUT2D eigenvalue weighted by Crippen LogP contribution is -2.13. The Kier molecular flexibility index (Phi) is 2.70. The van der Waals surface area contributed by atoms with Crippen LogP contribution in [0.25, 0.3) is 0 Å². The molecule has 0 amide bonds. The second-order valence-electron chi connectivity index (χ2n) is 4.43. The summed E-state index contributed by atoms with van der Waals surface area (Å²) in [5.74, 6) is 0. The van der Waals surface area contributed by atoms with E-state index in [2.05, 4.69) is 20.8 Å². The van der Waals surface area contributed by atoms with Gasteiger partial charge in [-0.25, -0.2) is 0 Å². The van der Waals surface area contributed by atoms with Gasteiger partial charge in [0.25, 0.3) is 0 Å². The fourth-order valence-electron chi connectivity index (χ4n) is 1.69. The van der Waals surface area contributed by atoms with Gasteiger partial charge in [0.05, 0.1) is 0 Å². The zero-order valence-electron chi connectivity index (χ0n) is 7.76. The van der Waals surface area contributed by atoms with Crippen LogP contribution >= 0.6 is 7.80 Å². The smallest absolute Gasteiger partial charge is 0.0739 e. The topological polar surface area (TPSA) is 17.1 Å². The molecule has 0 radical (unpaired) electrons. The van der Waals surface area contributed by atoms with Crippen LogP contribution < -0.4 is 0 Å². The molecule has 11 heavy (non-hydrogen) atoms. The van der Waals surface area contributed by atoms with Crippen LogP contribution in [0.5, 0.6) is 0 Å². The first-order valence-electron chi connectivity index (χ1n) is 4.48. The van der Waals surface area contributed by atoms with Crippen molar-refractivity contribution in [2.24, 2.45) is 0 Å². The van der Waals surface area contributed by atoms with E-state index in [1.807, 2.05) is 0 Å². The first-order valence-corrected chi connectivity index (χ1v) is 5.81. The Labute approximate surface area is 70.4 Å². The molecule has 0 spiro atoms. The monoisotopic (exact) mass is 173 g/mol. The Morgan fingerprint density at radius 1 is 1.18 bits per heavy atom. The lowest BCUT2D eigenvalue weighted by atomic mass is 10.3. The van der Waals surface area contributed by atoms with Gasteiger partial charge in [0.1, 0.15) is 0 Å². The van der Waals surface area contributed by atoms with E-state index in [1.165, 1.54) is 25.7 Å². The van der Waals surface area contributed by atoms with Gasteiger partial charge in [0.2, 0.25) is 0 Å². The predicted molar refractivity (Wildman–Crippen MR) is 49.6 cm³/mol. The zero-order chi connectivity index (χ0) is 8.48. The van der Waals surface area contributed by atoms with Gasteiger partial charge in [-0.15, -0.1) is 0 Å². The van der Waals surface area contributed by atoms with E-state index < -0.39 is 7.80 Å². The fraction of sp³-hybridized carbons (Fsp3) is 1.00. The average molecular weight is 173 g/mol. The van der Waals surface area contributed by atoms with Crippen LogP contribution in [-0.2, 0) is 4.57 Å². The van der Waals surface area contributed by atoms with Crippen molar-refractivity contribution < 1.29 is 4.57 Å². The molecule has 2 heteroatoms. The lowest BCUT2D eigenvalue weighted by molar-refractivity contribution is 0.553. The Hall–Kier alpha value is 0.100.